The van der Waals surface area contributed by atoms with E-state index in [1.807, 2.05) is 35.0 Å². The van der Waals surface area contributed by atoms with Gasteiger partial charge in [0.2, 0.25) is 0 Å². The number of alkyl halides is 2. The fourth-order valence-corrected chi connectivity index (χ4v) is 3.60. The molecule has 0 aromatic carbocycles. The van der Waals surface area contributed by atoms with E-state index in [1.165, 1.54) is 0 Å². The van der Waals surface area contributed by atoms with Gasteiger partial charge in [0.05, 0.1) is 23.9 Å². The van der Waals surface area contributed by atoms with Crippen LogP contribution < -0.4 is 0 Å². The third-order valence-corrected chi connectivity index (χ3v) is 5.51. The predicted octanol–water partition coefficient (Wildman–Crippen LogP) is 4.18. The van der Waals surface area contributed by atoms with Crippen LogP contribution in [0.3, 0.4) is 0 Å². The van der Waals surface area contributed by atoms with Gasteiger partial charge in [-0.05, 0) is 24.3 Å². The normalized spacial score (nSPS) is 19.9. The molecule has 0 saturated heterocycles. The lowest BCUT2D eigenvalue weighted by molar-refractivity contribution is 0.0623. The highest BCUT2D eigenvalue weighted by Crippen LogP contribution is 2.61. The summed E-state index contributed by atoms with van der Waals surface area (Å²) >= 11 is 0. The van der Waals surface area contributed by atoms with E-state index >= 15 is 0 Å². The highest BCUT2D eigenvalue weighted by atomic mass is 19.3. The quantitative estimate of drug-likeness (QED) is 0.524. The third kappa shape index (κ3) is 2.86. The maximum atomic E-state index is 13.6. The molecule has 29 heavy (non-hydrogen) atoms. The maximum Gasteiger partial charge on any atom is 0.256 e. The van der Waals surface area contributed by atoms with E-state index in [0.29, 0.717) is 11.4 Å². The van der Waals surface area contributed by atoms with Crippen molar-refractivity contribution >= 4 is 5.65 Å². The fraction of sp³-hybridized carbons (Fsp3) is 0.238. The zero-order valence-corrected chi connectivity index (χ0v) is 15.5. The number of hydrogen-bond acceptors (Lipinski definition) is 4. The number of aromatic nitrogens is 5. The summed E-state index contributed by atoms with van der Waals surface area (Å²) < 4.78 is 30.6. The summed E-state index contributed by atoms with van der Waals surface area (Å²) in [7, 11) is 0. The van der Waals surface area contributed by atoms with E-state index in [4.69, 9.17) is 0 Å². The van der Waals surface area contributed by atoms with Crippen LogP contribution in [-0.2, 0) is 6.54 Å². The second kappa shape index (κ2) is 5.95. The Labute approximate surface area is 165 Å². The number of fused-ring (bicyclic) bond motifs is 1. The number of nitriles is 1. The van der Waals surface area contributed by atoms with Gasteiger partial charge in [0.15, 0.2) is 0 Å². The molecule has 1 fully saturated rings. The Kier molecular flexibility index (Phi) is 3.59. The van der Waals surface area contributed by atoms with Gasteiger partial charge in [0.25, 0.3) is 5.92 Å². The van der Waals surface area contributed by atoms with Crippen LogP contribution in [0.4, 0.5) is 8.78 Å². The van der Waals surface area contributed by atoms with Gasteiger partial charge >= 0.3 is 0 Å². The van der Waals surface area contributed by atoms with E-state index in [0.717, 1.165) is 22.3 Å². The lowest BCUT2D eigenvalue weighted by Gasteiger charge is -2.10. The first kappa shape index (κ1) is 17.5. The number of imidazole rings is 1. The van der Waals surface area contributed by atoms with Gasteiger partial charge in [0, 0.05) is 47.9 Å². The van der Waals surface area contributed by atoms with Gasteiger partial charge in [0.1, 0.15) is 17.4 Å². The van der Waals surface area contributed by atoms with Crippen molar-refractivity contribution in [2.45, 2.75) is 25.8 Å². The topological polar surface area (TPSA) is 71.8 Å². The van der Waals surface area contributed by atoms with Crippen LogP contribution in [0.2, 0.25) is 0 Å². The molecule has 0 spiro atoms. The summed E-state index contributed by atoms with van der Waals surface area (Å²) in [6, 6.07) is 9.31. The van der Waals surface area contributed by atoms with Crippen LogP contribution in [-0.4, -0.2) is 30.1 Å². The smallest absolute Gasteiger partial charge is 0.256 e. The number of pyridine rings is 2. The molecule has 0 radical (unpaired) electrons. The minimum Gasteiger partial charge on any atom is -0.307 e. The predicted molar refractivity (Wildman–Crippen MR) is 102 cm³/mol. The van der Waals surface area contributed by atoms with Gasteiger partial charge < -0.3 is 4.40 Å². The molecule has 0 amide bonds. The van der Waals surface area contributed by atoms with Gasteiger partial charge in [-0.3, -0.25) is 4.68 Å². The molecule has 5 rings (SSSR count). The van der Waals surface area contributed by atoms with Crippen LogP contribution >= 0.6 is 0 Å². The van der Waals surface area contributed by atoms with Crippen molar-refractivity contribution in [1.82, 2.24) is 24.1 Å². The van der Waals surface area contributed by atoms with E-state index in [9.17, 15) is 14.0 Å². The first-order valence-electron chi connectivity index (χ1n) is 9.13. The Balaban J connectivity index is 1.56. The van der Waals surface area contributed by atoms with Crippen molar-refractivity contribution in [2.24, 2.45) is 5.41 Å². The van der Waals surface area contributed by atoms with Gasteiger partial charge in [-0.1, -0.05) is 6.92 Å². The number of halogens is 2. The fourth-order valence-electron chi connectivity index (χ4n) is 3.60. The lowest BCUT2D eigenvalue weighted by atomic mass is 10.0. The van der Waals surface area contributed by atoms with Gasteiger partial charge in [-0.25, -0.2) is 18.7 Å². The molecule has 144 valence electrons. The summed E-state index contributed by atoms with van der Waals surface area (Å²) in [5.41, 5.74) is 2.97. The summed E-state index contributed by atoms with van der Waals surface area (Å²) in [6.45, 7) is 1.72. The zero-order valence-electron chi connectivity index (χ0n) is 15.5. The molecule has 1 atom stereocenters. The Morgan fingerprint density at radius 2 is 2.03 bits per heavy atom. The van der Waals surface area contributed by atoms with Crippen LogP contribution in [0, 0.1) is 16.7 Å². The second-order valence-electron chi connectivity index (χ2n) is 7.68. The largest absolute Gasteiger partial charge is 0.307 e. The lowest BCUT2D eigenvalue weighted by Crippen LogP contribution is -2.15. The minimum absolute atomic E-state index is 0.122. The molecule has 8 heteroatoms. The number of hydrogen-bond donors (Lipinski definition) is 0. The highest BCUT2D eigenvalue weighted by Gasteiger charge is 2.67. The second-order valence-corrected chi connectivity index (χ2v) is 7.68. The average molecular weight is 390 g/mol. The third-order valence-electron chi connectivity index (χ3n) is 5.51. The first-order chi connectivity index (χ1) is 13.9. The minimum atomic E-state index is -2.64. The van der Waals surface area contributed by atoms with E-state index < -0.39 is 11.3 Å². The van der Waals surface area contributed by atoms with Crippen LogP contribution in [0.15, 0.2) is 55.2 Å². The Hall–Kier alpha value is -3.60. The molecule has 0 bridgehead atoms. The standard InChI is InChI=1S/C21H16F2N6/c1-20(12-21(20,22)23)13-29-11-15(10-26-29)17-3-2-16(9-24)27-19(17)14-4-6-28-7-5-25-18(28)8-14/h2-8,10-11H,12-13H2,1H3. The van der Waals surface area contributed by atoms with E-state index in [1.54, 1.807) is 36.3 Å². The molecule has 6 nitrogen and oxygen atoms in total. The molecule has 0 N–H and O–H groups in total. The number of nitrogens with zero attached hydrogens (tertiary/aromatic N) is 6. The SMILES string of the molecule is CC1(Cn2cc(-c3ccc(C#N)nc3-c3ccn4ccnc4c3)cn2)CC1(F)F. The molecular weight excluding hydrogens is 374 g/mol. The Bertz CT molecular complexity index is 1280. The van der Waals surface area contributed by atoms with Crippen molar-refractivity contribution in [3.05, 3.63) is 60.9 Å². The van der Waals surface area contributed by atoms with Gasteiger partial charge in [-0.15, -0.1) is 0 Å². The molecule has 4 aromatic heterocycles. The zero-order chi connectivity index (χ0) is 20.2. The van der Waals surface area contributed by atoms with Crippen LogP contribution in [0.25, 0.3) is 28.0 Å². The molecule has 4 aromatic rings. The van der Waals surface area contributed by atoms with Crippen molar-refractivity contribution in [3.8, 4) is 28.5 Å². The molecule has 1 aliphatic rings. The van der Waals surface area contributed by atoms with Crippen molar-refractivity contribution in [1.29, 1.82) is 5.26 Å². The summed E-state index contributed by atoms with van der Waals surface area (Å²) in [6.07, 6.45) is 8.70. The average Bonchev–Trinajstić information content (AvgIpc) is 3.15. The monoisotopic (exact) mass is 390 g/mol. The van der Waals surface area contributed by atoms with Crippen molar-refractivity contribution in [2.75, 3.05) is 0 Å². The highest BCUT2D eigenvalue weighted by molar-refractivity contribution is 5.81. The molecule has 1 saturated carbocycles. The molecule has 4 heterocycles. The summed E-state index contributed by atoms with van der Waals surface area (Å²) in [5.74, 6) is -2.64. The summed E-state index contributed by atoms with van der Waals surface area (Å²) in [4.78, 5) is 8.79. The van der Waals surface area contributed by atoms with Crippen molar-refractivity contribution < 1.29 is 8.78 Å². The molecule has 0 aliphatic heterocycles. The van der Waals surface area contributed by atoms with E-state index in [-0.39, 0.29) is 13.0 Å². The van der Waals surface area contributed by atoms with E-state index in [2.05, 4.69) is 21.1 Å². The van der Waals surface area contributed by atoms with Gasteiger partial charge in [-0.2, -0.15) is 10.4 Å². The van der Waals surface area contributed by atoms with Crippen LogP contribution in [0.1, 0.15) is 19.0 Å². The molecular formula is C21H16F2N6. The Morgan fingerprint density at radius 1 is 1.21 bits per heavy atom. The molecule has 1 unspecified atom stereocenters. The molecule has 1 aliphatic carbocycles. The Morgan fingerprint density at radius 3 is 2.79 bits per heavy atom. The van der Waals surface area contributed by atoms with Crippen molar-refractivity contribution in [3.63, 3.8) is 0 Å². The summed E-state index contributed by atoms with van der Waals surface area (Å²) in [5, 5.41) is 13.6. The van der Waals surface area contributed by atoms with Crippen LogP contribution in [0.5, 0.6) is 0 Å². The first-order valence-corrected chi connectivity index (χ1v) is 9.13. The number of rotatable bonds is 4. The maximum absolute atomic E-state index is 13.6.